The Labute approximate surface area is 366 Å². The monoisotopic (exact) mass is 806 g/mol. The van der Waals surface area contributed by atoms with Gasteiger partial charge in [0.25, 0.3) is 0 Å². The van der Waals surface area contributed by atoms with Crippen LogP contribution in [0.15, 0.2) is 122 Å². The van der Waals surface area contributed by atoms with Crippen molar-refractivity contribution in [2.24, 2.45) is 0 Å². The first-order chi connectivity index (χ1) is 29.8. The predicted molar refractivity (Wildman–Crippen MR) is 265 cm³/mol. The third kappa shape index (κ3) is 7.85. The highest BCUT2D eigenvalue weighted by Gasteiger charge is 2.28. The van der Waals surface area contributed by atoms with Crippen LogP contribution in [0.4, 0.5) is 0 Å². The molecule has 9 rings (SSSR count). The second kappa shape index (κ2) is 16.1. The lowest BCUT2D eigenvalue weighted by atomic mass is 9.90. The molecule has 0 aliphatic carbocycles. The summed E-state index contributed by atoms with van der Waals surface area (Å²) in [5, 5.41) is 0. The van der Waals surface area contributed by atoms with Crippen LogP contribution >= 0.6 is 0 Å². The van der Waals surface area contributed by atoms with Crippen molar-refractivity contribution in [3.8, 4) is 44.5 Å². The van der Waals surface area contributed by atoms with E-state index < -0.39 is 0 Å². The summed E-state index contributed by atoms with van der Waals surface area (Å²) in [6.07, 6.45) is 15.7. The third-order valence-corrected chi connectivity index (χ3v) is 12.0. The molecule has 6 aromatic rings. The number of fused-ring (bicyclic) bond motifs is 8. The zero-order valence-corrected chi connectivity index (χ0v) is 37.2. The van der Waals surface area contributed by atoms with Crippen LogP contribution < -0.4 is 0 Å². The van der Waals surface area contributed by atoms with E-state index in [4.69, 9.17) is 9.97 Å². The van der Waals surface area contributed by atoms with Crippen molar-refractivity contribution in [3.05, 3.63) is 201 Å². The molecule has 3 aliphatic rings. The quantitative estimate of drug-likeness (QED) is 0.158. The Balaban J connectivity index is 1.52. The van der Waals surface area contributed by atoms with Gasteiger partial charge in [-0.2, -0.15) is 0 Å². The number of hydrogen-bond acceptors (Lipinski definition) is 2. The Bertz CT molecular complexity index is 3090. The Hall–Kier alpha value is -7.04. The fraction of sp³-hybridized carbons (Fsp3) is 0.172. The Morgan fingerprint density at radius 2 is 0.855 bits per heavy atom. The minimum Gasteiger partial charge on any atom is -0.361 e. The summed E-state index contributed by atoms with van der Waals surface area (Å²) < 4.78 is 0. The first kappa shape index (κ1) is 40.4. The van der Waals surface area contributed by atoms with Crippen LogP contribution in [0.5, 0.6) is 0 Å². The lowest BCUT2D eigenvalue weighted by Gasteiger charge is -2.13. The number of aryl methyl sites for hydroxylation is 8. The molecule has 62 heavy (non-hydrogen) atoms. The van der Waals surface area contributed by atoms with Gasteiger partial charge in [-0.05, 0) is 126 Å². The number of H-pyrrole nitrogens is 2. The highest BCUT2D eigenvalue weighted by Crippen LogP contribution is 2.43. The fourth-order valence-corrected chi connectivity index (χ4v) is 9.76. The number of aromatic amines is 2. The largest absolute Gasteiger partial charge is 0.361 e. The zero-order chi connectivity index (χ0) is 43.4. The molecule has 4 aromatic carbocycles. The molecule has 0 radical (unpaired) electrons. The normalized spacial score (nSPS) is 13.8. The van der Waals surface area contributed by atoms with Gasteiger partial charge < -0.3 is 9.97 Å². The van der Waals surface area contributed by atoms with Gasteiger partial charge in [-0.3, -0.25) is 0 Å². The molecule has 1 unspecified atom stereocenters. The maximum Gasteiger partial charge on any atom is 0.0737 e. The van der Waals surface area contributed by atoms with E-state index in [1.807, 2.05) is 6.08 Å². The molecule has 4 nitrogen and oxygen atoms in total. The van der Waals surface area contributed by atoms with Crippen molar-refractivity contribution in [1.82, 2.24) is 19.9 Å². The van der Waals surface area contributed by atoms with Gasteiger partial charge in [-0.15, -0.1) is 0 Å². The molecule has 0 amide bonds. The van der Waals surface area contributed by atoms with E-state index in [1.54, 1.807) is 0 Å². The summed E-state index contributed by atoms with van der Waals surface area (Å²) in [6.45, 7) is 25.7. The van der Waals surface area contributed by atoms with Crippen LogP contribution in [-0.2, 0) is 6.42 Å². The smallest absolute Gasteiger partial charge is 0.0737 e. The Morgan fingerprint density at radius 3 is 1.26 bits per heavy atom. The molecule has 0 saturated heterocycles. The van der Waals surface area contributed by atoms with E-state index in [-0.39, 0.29) is 5.92 Å². The number of aromatic nitrogens is 4. The van der Waals surface area contributed by atoms with Crippen LogP contribution in [0.1, 0.15) is 84.6 Å². The first-order valence-electron chi connectivity index (χ1n) is 21.6. The summed E-state index contributed by atoms with van der Waals surface area (Å²) in [5.41, 5.74) is 27.2. The second-order valence-electron chi connectivity index (χ2n) is 17.7. The summed E-state index contributed by atoms with van der Waals surface area (Å²) in [4.78, 5) is 19.3. The van der Waals surface area contributed by atoms with Crippen LogP contribution in [0, 0.1) is 55.4 Å². The predicted octanol–water partition coefficient (Wildman–Crippen LogP) is 15.1. The van der Waals surface area contributed by atoms with Crippen molar-refractivity contribution in [2.45, 2.75) is 67.7 Å². The number of rotatable bonds is 7. The first-order valence-corrected chi connectivity index (χ1v) is 21.6. The van der Waals surface area contributed by atoms with E-state index in [0.29, 0.717) is 0 Å². The highest BCUT2D eigenvalue weighted by molar-refractivity contribution is 5.97. The molecule has 5 heterocycles. The number of nitrogens with one attached hydrogen (secondary N) is 2. The Kier molecular flexibility index (Phi) is 10.5. The molecule has 2 N–H and O–H groups in total. The third-order valence-electron chi connectivity index (χ3n) is 12.0. The van der Waals surface area contributed by atoms with E-state index in [2.05, 4.69) is 200 Å². The van der Waals surface area contributed by atoms with Crippen LogP contribution in [0.25, 0.3) is 79.8 Å². The number of allylic oxidation sites excluding steroid dienone is 4. The SMILES string of the molecule is C=CC(=C)/C=C/C1Cc2[nH]c1c(-c1cc(C)cc(C)c1)c1nc(c(-c3cc(C)cc(C)c3)c3ccc([nH]3)c(-c3cc(C)cc(C)c3)c3nc(c2-c2cc(C)cc(C)c2)C=C3)C=C1. The lowest BCUT2D eigenvalue weighted by molar-refractivity contribution is 0.882. The summed E-state index contributed by atoms with van der Waals surface area (Å²) in [6, 6.07) is 31.6. The van der Waals surface area contributed by atoms with Crippen LogP contribution in [0.2, 0.25) is 0 Å². The van der Waals surface area contributed by atoms with Gasteiger partial charge >= 0.3 is 0 Å². The molecule has 0 spiro atoms. The minimum absolute atomic E-state index is 0.0190. The molecule has 4 heteroatoms. The van der Waals surface area contributed by atoms with Gasteiger partial charge in [0, 0.05) is 50.6 Å². The van der Waals surface area contributed by atoms with E-state index in [9.17, 15) is 0 Å². The lowest BCUT2D eigenvalue weighted by Crippen LogP contribution is -1.99. The number of benzene rings is 4. The second-order valence-corrected chi connectivity index (χ2v) is 17.7. The molecule has 306 valence electrons. The average Bonchev–Trinajstić information content (AvgIpc) is 4.03. The van der Waals surface area contributed by atoms with Gasteiger partial charge in [0.05, 0.1) is 22.8 Å². The topological polar surface area (TPSA) is 57.4 Å². The van der Waals surface area contributed by atoms with E-state index >= 15 is 0 Å². The summed E-state index contributed by atoms with van der Waals surface area (Å²) >= 11 is 0. The molecule has 0 saturated carbocycles. The zero-order valence-electron chi connectivity index (χ0n) is 37.2. The average molecular weight is 807 g/mol. The molecule has 0 fully saturated rings. The van der Waals surface area contributed by atoms with Crippen LogP contribution in [0.3, 0.4) is 0 Å². The van der Waals surface area contributed by atoms with Crippen LogP contribution in [-0.4, -0.2) is 19.9 Å². The highest BCUT2D eigenvalue weighted by atomic mass is 14.8. The standard InChI is InChI=1S/C58H54N4/c1-11-33(2)12-13-42-32-53-56(45-28-38(7)22-39(8)29-45)51-17-16-49(60-51)54(43-24-34(3)20-35(4)25-43)47-14-15-48(59-47)55(44-26-36(5)21-37(6)27-44)50-18-19-52(61-50)57(58(42)62-53)46-30-40(9)23-41(10)31-46/h11-31,42,59,62H,1-2,32H2,3-10H3/b13-12+,54-49?,55-50?,56-53?,58-57?. The molecule has 1 atom stereocenters. The van der Waals surface area contributed by atoms with Crippen molar-refractivity contribution in [3.63, 3.8) is 0 Å². The molecular formula is C58H54N4. The van der Waals surface area contributed by atoms with Crippen molar-refractivity contribution >= 4 is 35.3 Å². The maximum atomic E-state index is 5.64. The maximum absolute atomic E-state index is 5.64. The molecule has 2 aromatic heterocycles. The van der Waals surface area contributed by atoms with Gasteiger partial charge in [-0.25, -0.2) is 9.97 Å². The van der Waals surface area contributed by atoms with Crippen molar-refractivity contribution in [2.75, 3.05) is 0 Å². The summed E-state index contributed by atoms with van der Waals surface area (Å²) in [7, 11) is 0. The number of nitrogens with zero attached hydrogens (tertiary/aromatic N) is 2. The minimum atomic E-state index is -0.0190. The van der Waals surface area contributed by atoms with E-state index in [1.165, 1.54) is 44.5 Å². The summed E-state index contributed by atoms with van der Waals surface area (Å²) in [5.74, 6) is -0.0190. The van der Waals surface area contributed by atoms with Gasteiger partial charge in [0.15, 0.2) is 0 Å². The van der Waals surface area contributed by atoms with Gasteiger partial charge in [-0.1, -0.05) is 149 Å². The molecule has 8 bridgehead atoms. The number of hydrogen-bond donors (Lipinski definition) is 2. The fourth-order valence-electron chi connectivity index (χ4n) is 9.76. The van der Waals surface area contributed by atoms with Crippen molar-refractivity contribution < 1.29 is 0 Å². The van der Waals surface area contributed by atoms with Gasteiger partial charge in [0.2, 0.25) is 0 Å². The van der Waals surface area contributed by atoms with E-state index in [0.717, 1.165) is 102 Å². The van der Waals surface area contributed by atoms with Gasteiger partial charge in [0.1, 0.15) is 0 Å². The van der Waals surface area contributed by atoms with Crippen molar-refractivity contribution in [1.29, 1.82) is 0 Å². The Morgan fingerprint density at radius 1 is 0.500 bits per heavy atom. The molecule has 3 aliphatic heterocycles. The molecular weight excluding hydrogens is 753 g/mol.